The van der Waals surface area contributed by atoms with Gasteiger partial charge in [-0.3, -0.25) is 14.4 Å². The molecule has 0 saturated heterocycles. The number of unbranched alkanes of at least 4 members (excludes halogenated alkanes) is 54. The van der Waals surface area contributed by atoms with Crippen LogP contribution in [0.4, 0.5) is 0 Å². The molecular weight excluding hydrogens is 1010 g/mol. The Kier molecular flexibility index (Phi) is 82.9. The zero-order valence-corrected chi connectivity index (χ0v) is 55.2. The minimum absolute atomic E-state index is 0.156. The number of carboxylic acids is 3. The molecule has 0 bridgehead atoms. The van der Waals surface area contributed by atoms with E-state index in [1.54, 1.807) is 0 Å². The molecule has 0 aliphatic rings. The van der Waals surface area contributed by atoms with E-state index >= 15 is 0 Å². The van der Waals surface area contributed by atoms with Crippen molar-refractivity contribution in [3.05, 3.63) is 0 Å². The van der Waals surface area contributed by atoms with E-state index < -0.39 is 23.3 Å². The molecule has 0 aromatic rings. The first-order valence-electron chi connectivity index (χ1n) is 36.0. The zero-order chi connectivity index (χ0) is 60.5. The van der Waals surface area contributed by atoms with Crippen molar-refractivity contribution in [2.45, 2.75) is 419 Å². The largest absolute Gasteiger partial charge is 0.481 e. The number of carboxylic acid groups (broad SMARTS) is 3. The van der Waals surface area contributed by atoms with Gasteiger partial charge in [0.2, 0.25) is 0 Å². The van der Waals surface area contributed by atoms with Crippen molar-refractivity contribution in [2.75, 3.05) is 19.8 Å². The van der Waals surface area contributed by atoms with E-state index in [2.05, 4.69) is 20.8 Å². The summed E-state index contributed by atoms with van der Waals surface area (Å²) >= 11 is 0. The van der Waals surface area contributed by atoms with Gasteiger partial charge in [0.05, 0.1) is 19.8 Å². The minimum Gasteiger partial charge on any atom is -0.481 e. The first-order chi connectivity index (χ1) is 39.6. The van der Waals surface area contributed by atoms with Crippen LogP contribution in [0.2, 0.25) is 0 Å². The molecule has 0 fully saturated rings. The van der Waals surface area contributed by atoms with Crippen LogP contribution in [0.25, 0.3) is 0 Å². The van der Waals surface area contributed by atoms with Gasteiger partial charge < -0.3 is 30.6 Å². The van der Waals surface area contributed by atoms with Crippen molar-refractivity contribution in [1.29, 1.82) is 0 Å². The molecule has 0 radical (unpaired) electrons. The predicted octanol–water partition coefficient (Wildman–Crippen LogP) is 23.0. The quantitative estimate of drug-likeness (QED) is 0.0324. The molecule has 488 valence electrons. The second-order valence-corrected chi connectivity index (χ2v) is 24.9. The maximum atomic E-state index is 10.4. The van der Waals surface area contributed by atoms with Crippen LogP contribution in [-0.4, -0.2) is 68.4 Å². The van der Waals surface area contributed by atoms with Crippen LogP contribution in [0.3, 0.4) is 0 Å². The van der Waals surface area contributed by atoms with E-state index in [0.29, 0.717) is 25.7 Å². The number of aliphatic hydroxyl groups is 3. The molecule has 9 heteroatoms. The van der Waals surface area contributed by atoms with Crippen LogP contribution in [0.5, 0.6) is 0 Å². The average molecular weight is 1160 g/mol. The summed E-state index contributed by atoms with van der Waals surface area (Å²) in [6.45, 7) is 8.20. The van der Waals surface area contributed by atoms with Crippen molar-refractivity contribution in [2.24, 2.45) is 5.41 Å². The molecule has 6 N–H and O–H groups in total. The van der Waals surface area contributed by atoms with E-state index in [9.17, 15) is 14.4 Å². The lowest BCUT2D eigenvalue weighted by Crippen LogP contribution is -2.32. The fraction of sp³-hybridized carbons (Fsp3) is 0.958. The maximum Gasteiger partial charge on any atom is 0.303 e. The minimum atomic E-state index is -0.667. The standard InChI is InChI=1S/3C22H44O2.C6H14O3/c3*1-2-3-4-5-6-7-8-9-10-11-12-13-14-15-16-17-18-19-20-21-22(23)24;1-2-6(3-7,4-8)5-9/h3*2-21H2,1H3,(H,23,24);7-9H,2-5H2,1H3. The van der Waals surface area contributed by atoms with Gasteiger partial charge in [-0.1, -0.05) is 374 Å². The molecule has 0 spiro atoms. The van der Waals surface area contributed by atoms with Gasteiger partial charge in [0.25, 0.3) is 0 Å². The monoisotopic (exact) mass is 1160 g/mol. The molecule has 0 aliphatic carbocycles. The van der Waals surface area contributed by atoms with Gasteiger partial charge in [0.1, 0.15) is 0 Å². The molecule has 0 aliphatic heterocycles. The molecular formula is C72H146O9. The second kappa shape index (κ2) is 78.3. The fourth-order valence-corrected chi connectivity index (χ4v) is 10.5. The smallest absolute Gasteiger partial charge is 0.303 e. The zero-order valence-electron chi connectivity index (χ0n) is 55.2. The Morgan fingerprint density at radius 3 is 0.395 bits per heavy atom. The van der Waals surface area contributed by atoms with Crippen LogP contribution in [0.1, 0.15) is 419 Å². The van der Waals surface area contributed by atoms with Crippen molar-refractivity contribution in [3.8, 4) is 0 Å². The Morgan fingerprint density at radius 2 is 0.321 bits per heavy atom. The summed E-state index contributed by atoms with van der Waals surface area (Å²) < 4.78 is 0. The van der Waals surface area contributed by atoms with Crippen LogP contribution < -0.4 is 0 Å². The highest BCUT2D eigenvalue weighted by Gasteiger charge is 2.25. The third-order valence-electron chi connectivity index (χ3n) is 16.7. The van der Waals surface area contributed by atoms with Gasteiger partial charge in [-0.05, 0) is 25.7 Å². The summed E-state index contributed by atoms with van der Waals surface area (Å²) in [6, 6.07) is 0. The van der Waals surface area contributed by atoms with Crippen LogP contribution in [0.15, 0.2) is 0 Å². The highest BCUT2D eigenvalue weighted by Crippen LogP contribution is 2.20. The molecule has 0 aromatic heterocycles. The van der Waals surface area contributed by atoms with E-state index in [-0.39, 0.29) is 19.8 Å². The number of rotatable bonds is 64. The number of aliphatic hydroxyl groups excluding tert-OH is 3. The molecule has 0 saturated carbocycles. The van der Waals surface area contributed by atoms with Crippen molar-refractivity contribution >= 4 is 17.9 Å². The third kappa shape index (κ3) is 84.8. The lowest BCUT2D eigenvalue weighted by atomic mass is 9.88. The third-order valence-corrected chi connectivity index (χ3v) is 16.7. The summed E-state index contributed by atoms with van der Waals surface area (Å²) in [5.41, 5.74) is -0.667. The maximum absolute atomic E-state index is 10.4. The summed E-state index contributed by atoms with van der Waals surface area (Å²) in [6.07, 6.45) is 78.9. The fourth-order valence-electron chi connectivity index (χ4n) is 10.5. The Bertz CT molecular complexity index is 1020. The topological polar surface area (TPSA) is 173 Å². The lowest BCUT2D eigenvalue weighted by molar-refractivity contribution is -0.138. The summed E-state index contributed by atoms with van der Waals surface area (Å²) in [5.74, 6) is -1.95. The summed E-state index contributed by atoms with van der Waals surface area (Å²) in [7, 11) is 0. The van der Waals surface area contributed by atoms with E-state index in [0.717, 1.165) is 38.5 Å². The summed E-state index contributed by atoms with van der Waals surface area (Å²) in [5, 5.41) is 51.6. The van der Waals surface area contributed by atoms with Gasteiger partial charge in [-0.15, -0.1) is 0 Å². The highest BCUT2D eigenvalue weighted by atomic mass is 16.4. The van der Waals surface area contributed by atoms with Crippen molar-refractivity contribution < 1.29 is 45.0 Å². The van der Waals surface area contributed by atoms with Crippen LogP contribution in [-0.2, 0) is 14.4 Å². The van der Waals surface area contributed by atoms with E-state index in [4.69, 9.17) is 30.6 Å². The Hall–Kier alpha value is -1.71. The number of hydrogen-bond donors (Lipinski definition) is 6. The lowest BCUT2D eigenvalue weighted by Gasteiger charge is -2.24. The van der Waals surface area contributed by atoms with E-state index in [1.165, 1.54) is 327 Å². The molecule has 0 aromatic carbocycles. The predicted molar refractivity (Wildman–Crippen MR) is 351 cm³/mol. The Morgan fingerprint density at radius 1 is 0.210 bits per heavy atom. The van der Waals surface area contributed by atoms with Gasteiger partial charge in [0, 0.05) is 24.7 Å². The average Bonchev–Trinajstić information content (AvgIpc) is 3.46. The number of aliphatic carboxylic acids is 3. The van der Waals surface area contributed by atoms with Crippen molar-refractivity contribution in [1.82, 2.24) is 0 Å². The molecule has 0 unspecified atom stereocenters. The molecule has 0 heterocycles. The second-order valence-electron chi connectivity index (χ2n) is 24.9. The highest BCUT2D eigenvalue weighted by molar-refractivity contribution is 5.67. The number of hydrogen-bond acceptors (Lipinski definition) is 6. The van der Waals surface area contributed by atoms with E-state index in [1.807, 2.05) is 6.92 Å². The first kappa shape index (κ1) is 85.7. The van der Waals surface area contributed by atoms with Crippen LogP contribution in [0, 0.1) is 5.41 Å². The van der Waals surface area contributed by atoms with Gasteiger partial charge in [-0.25, -0.2) is 0 Å². The molecule has 0 rings (SSSR count). The Balaban J connectivity index is -0.000000509. The molecule has 81 heavy (non-hydrogen) atoms. The van der Waals surface area contributed by atoms with Gasteiger partial charge in [0.15, 0.2) is 0 Å². The first-order valence-corrected chi connectivity index (χ1v) is 36.0. The molecule has 0 amide bonds. The van der Waals surface area contributed by atoms with Crippen molar-refractivity contribution in [3.63, 3.8) is 0 Å². The molecule has 0 atom stereocenters. The number of carbonyl (C=O) groups is 3. The summed E-state index contributed by atoms with van der Waals surface area (Å²) in [4.78, 5) is 31.1. The normalized spacial score (nSPS) is 11.1. The van der Waals surface area contributed by atoms with Gasteiger partial charge >= 0.3 is 17.9 Å². The molecule has 9 nitrogen and oxygen atoms in total. The van der Waals surface area contributed by atoms with Crippen LogP contribution >= 0.6 is 0 Å². The SMILES string of the molecule is CCC(CO)(CO)CO.CCCCCCCCCCCCCCCCCCCCCC(=O)O.CCCCCCCCCCCCCCCCCCCCCC(=O)O.CCCCCCCCCCCCCCCCCCCCCC(=O)O. The Labute approximate surface area is 505 Å². The van der Waals surface area contributed by atoms with Gasteiger partial charge in [-0.2, -0.15) is 0 Å².